The lowest BCUT2D eigenvalue weighted by molar-refractivity contribution is -0.232. The molecule has 0 saturated carbocycles. The molecule has 7 heteroatoms. The molecule has 0 N–H and O–H groups in total. The van der Waals surface area contributed by atoms with Crippen molar-refractivity contribution in [2.24, 2.45) is 0 Å². The van der Waals surface area contributed by atoms with Crippen LogP contribution in [0.15, 0.2) is 30.3 Å². The van der Waals surface area contributed by atoms with Crippen molar-refractivity contribution in [3.8, 4) is 0 Å². The summed E-state index contributed by atoms with van der Waals surface area (Å²) in [5.74, 6) is -1.21. The molecule has 2 fully saturated rings. The summed E-state index contributed by atoms with van der Waals surface area (Å²) in [5.41, 5.74) is -3.67. The lowest BCUT2D eigenvalue weighted by Gasteiger charge is -2.55. The molecular weight excluding hydrogens is 357 g/mol. The van der Waals surface area contributed by atoms with E-state index >= 15 is 0 Å². The van der Waals surface area contributed by atoms with Crippen LogP contribution in [0.3, 0.4) is 0 Å². The molecule has 27 heavy (non-hydrogen) atoms. The lowest BCUT2D eigenvalue weighted by atomic mass is 9.78. The van der Waals surface area contributed by atoms with E-state index in [-0.39, 0.29) is 11.6 Å². The van der Waals surface area contributed by atoms with Crippen LogP contribution in [0.5, 0.6) is 0 Å². The second-order valence-corrected chi connectivity index (χ2v) is 8.11. The average molecular weight is 384 g/mol. The molecule has 2 heterocycles. The molecule has 2 aliphatic heterocycles. The highest BCUT2D eigenvalue weighted by atomic mass is 19.4. The zero-order valence-electron chi connectivity index (χ0n) is 16.1. The number of carbonyl (C=O) groups excluding carboxylic acids is 1. The Hall–Kier alpha value is -1.60. The van der Waals surface area contributed by atoms with Gasteiger partial charge in [-0.05, 0) is 46.0 Å². The highest BCUT2D eigenvalue weighted by Crippen LogP contribution is 2.44. The van der Waals surface area contributed by atoms with Crippen molar-refractivity contribution in [2.75, 3.05) is 33.7 Å². The number of nitrogens with zero attached hydrogens (tertiary/aromatic N) is 2. The van der Waals surface area contributed by atoms with Gasteiger partial charge in [0, 0.05) is 13.1 Å². The molecule has 1 aromatic carbocycles. The van der Waals surface area contributed by atoms with Crippen molar-refractivity contribution in [2.45, 2.75) is 49.4 Å². The van der Waals surface area contributed by atoms with Crippen molar-refractivity contribution in [1.29, 1.82) is 0 Å². The van der Waals surface area contributed by atoms with E-state index in [1.807, 2.05) is 19.0 Å². The Morgan fingerprint density at radius 2 is 1.78 bits per heavy atom. The highest BCUT2D eigenvalue weighted by Gasteiger charge is 2.62. The fourth-order valence-corrected chi connectivity index (χ4v) is 4.41. The van der Waals surface area contributed by atoms with E-state index < -0.39 is 23.2 Å². The number of alkyl halides is 3. The van der Waals surface area contributed by atoms with Gasteiger partial charge in [-0.2, -0.15) is 13.2 Å². The van der Waals surface area contributed by atoms with Gasteiger partial charge in [-0.3, -0.25) is 14.6 Å². The Morgan fingerprint density at radius 1 is 1.15 bits per heavy atom. The maximum Gasteiger partial charge on any atom is 0.408 e. The van der Waals surface area contributed by atoms with Gasteiger partial charge < -0.3 is 4.74 Å². The van der Waals surface area contributed by atoms with Gasteiger partial charge in [-0.15, -0.1) is 0 Å². The van der Waals surface area contributed by atoms with Crippen LogP contribution in [0.1, 0.15) is 31.7 Å². The van der Waals surface area contributed by atoms with Crippen molar-refractivity contribution in [1.82, 2.24) is 9.80 Å². The highest BCUT2D eigenvalue weighted by molar-refractivity contribution is 5.84. The number of hydrogen-bond acceptors (Lipinski definition) is 4. The van der Waals surface area contributed by atoms with Crippen molar-refractivity contribution in [3.63, 3.8) is 0 Å². The molecule has 0 aliphatic carbocycles. The minimum Gasteiger partial charge on any atom is -0.454 e. The van der Waals surface area contributed by atoms with Crippen molar-refractivity contribution >= 4 is 5.97 Å². The summed E-state index contributed by atoms with van der Waals surface area (Å²) >= 11 is 0. The zero-order chi connectivity index (χ0) is 19.9. The summed E-state index contributed by atoms with van der Waals surface area (Å²) in [4.78, 5) is 17.1. The molecule has 0 amide bonds. The van der Waals surface area contributed by atoms with Crippen LogP contribution in [-0.4, -0.2) is 67.3 Å². The van der Waals surface area contributed by atoms with E-state index in [9.17, 15) is 18.0 Å². The predicted molar refractivity (Wildman–Crippen MR) is 96.4 cm³/mol. The number of piperidine rings is 1. The van der Waals surface area contributed by atoms with Gasteiger partial charge in [0.05, 0.1) is 6.04 Å². The summed E-state index contributed by atoms with van der Waals surface area (Å²) in [6.45, 7) is 2.70. The lowest BCUT2D eigenvalue weighted by Crippen LogP contribution is -2.72. The number of ether oxygens (including phenoxy) is 1. The molecule has 4 nitrogen and oxygen atoms in total. The van der Waals surface area contributed by atoms with Gasteiger partial charge in [0.25, 0.3) is 0 Å². The third kappa shape index (κ3) is 3.47. The topological polar surface area (TPSA) is 32.8 Å². The van der Waals surface area contributed by atoms with E-state index in [1.165, 1.54) is 24.3 Å². The molecule has 2 aliphatic rings. The Bertz CT molecular complexity index is 674. The van der Waals surface area contributed by atoms with E-state index in [1.54, 1.807) is 6.07 Å². The maximum absolute atomic E-state index is 14.0. The van der Waals surface area contributed by atoms with E-state index in [0.717, 1.165) is 32.7 Å². The third-order valence-corrected chi connectivity index (χ3v) is 6.08. The third-order valence-electron chi connectivity index (χ3n) is 6.08. The number of likely N-dealkylation sites (N-methyl/N-ethyl adjacent to an activating group) is 2. The number of hydrogen-bond donors (Lipinski definition) is 0. The minimum absolute atomic E-state index is 0.0559. The molecule has 2 saturated heterocycles. The largest absolute Gasteiger partial charge is 0.454 e. The SMILES string of the molecule is CN1CC(OC(=O)[C@@](C)(c2ccccc2)C(F)(F)F)([C@@H]2CCCCN2C)C1. The average Bonchev–Trinajstić information content (AvgIpc) is 2.59. The van der Waals surface area contributed by atoms with Crippen LogP contribution in [0.4, 0.5) is 13.2 Å². The fraction of sp³-hybridized carbons (Fsp3) is 0.650. The van der Waals surface area contributed by atoms with Crippen molar-refractivity contribution in [3.05, 3.63) is 35.9 Å². The number of benzene rings is 1. The minimum atomic E-state index is -4.75. The standard InChI is InChI=1S/C20H27F3N2O2/c1-18(20(21,22)23,15-9-5-4-6-10-15)17(26)27-19(13-24(2)14-19)16-11-7-8-12-25(16)3/h4-6,9-10,16H,7-8,11-14H2,1-3H3/t16-,18+/m0/s1. The van der Waals surface area contributed by atoms with Gasteiger partial charge in [0.2, 0.25) is 0 Å². The number of esters is 1. The predicted octanol–water partition coefficient (Wildman–Crippen LogP) is 3.22. The Balaban J connectivity index is 1.92. The molecule has 150 valence electrons. The van der Waals surface area contributed by atoms with Gasteiger partial charge in [-0.25, -0.2) is 0 Å². The normalized spacial score (nSPS) is 26.1. The summed E-state index contributed by atoms with van der Waals surface area (Å²) in [6, 6.07) is 7.26. The van der Waals surface area contributed by atoms with Crippen LogP contribution in [0.25, 0.3) is 0 Å². The molecular formula is C20H27F3N2O2. The molecule has 0 spiro atoms. The van der Waals surface area contributed by atoms with E-state index in [4.69, 9.17) is 4.74 Å². The smallest absolute Gasteiger partial charge is 0.408 e. The summed E-state index contributed by atoms with van der Waals surface area (Å²) < 4.78 is 47.8. The molecule has 0 aromatic heterocycles. The Labute approximate surface area is 158 Å². The second-order valence-electron chi connectivity index (χ2n) is 8.11. The number of likely N-dealkylation sites (tertiary alicyclic amines) is 2. The van der Waals surface area contributed by atoms with Crippen LogP contribution in [0.2, 0.25) is 0 Å². The Kier molecular flexibility index (Phi) is 5.29. The van der Waals surface area contributed by atoms with E-state index in [2.05, 4.69) is 4.90 Å². The molecule has 3 rings (SSSR count). The first-order valence-corrected chi connectivity index (χ1v) is 9.35. The first-order valence-electron chi connectivity index (χ1n) is 9.35. The maximum atomic E-state index is 14.0. The fourth-order valence-electron chi connectivity index (χ4n) is 4.41. The van der Waals surface area contributed by atoms with Crippen LogP contribution in [0, 0.1) is 0 Å². The summed E-state index contributed by atoms with van der Waals surface area (Å²) in [7, 11) is 3.84. The van der Waals surface area contributed by atoms with Crippen molar-refractivity contribution < 1.29 is 22.7 Å². The van der Waals surface area contributed by atoms with Crippen LogP contribution in [-0.2, 0) is 14.9 Å². The first-order chi connectivity index (χ1) is 12.6. The first kappa shape index (κ1) is 20.1. The Morgan fingerprint density at radius 3 is 2.30 bits per heavy atom. The van der Waals surface area contributed by atoms with Gasteiger partial charge in [0.15, 0.2) is 11.0 Å². The second kappa shape index (κ2) is 7.09. The van der Waals surface area contributed by atoms with E-state index in [0.29, 0.717) is 13.1 Å². The zero-order valence-corrected chi connectivity index (χ0v) is 16.1. The number of carbonyl (C=O) groups is 1. The molecule has 2 atom stereocenters. The van der Waals surface area contributed by atoms with Crippen LogP contribution < -0.4 is 0 Å². The van der Waals surface area contributed by atoms with Gasteiger partial charge >= 0.3 is 12.1 Å². The molecule has 0 bridgehead atoms. The summed E-state index contributed by atoms with van der Waals surface area (Å²) in [5, 5.41) is 0. The molecule has 0 radical (unpaired) electrons. The number of halogens is 3. The quantitative estimate of drug-likeness (QED) is 0.747. The van der Waals surface area contributed by atoms with Gasteiger partial charge in [-0.1, -0.05) is 36.8 Å². The summed E-state index contributed by atoms with van der Waals surface area (Å²) in [6.07, 6.45) is -1.88. The molecule has 0 unspecified atom stereocenters. The molecule has 1 aromatic rings. The van der Waals surface area contributed by atoms with Gasteiger partial charge in [0.1, 0.15) is 0 Å². The number of rotatable bonds is 4. The monoisotopic (exact) mass is 384 g/mol. The van der Waals surface area contributed by atoms with Crippen LogP contribution >= 0.6 is 0 Å².